The average molecular weight is 381 g/mol. The van der Waals surface area contributed by atoms with E-state index in [1.165, 1.54) is 11.9 Å². The van der Waals surface area contributed by atoms with Crippen LogP contribution in [0.3, 0.4) is 0 Å². The van der Waals surface area contributed by atoms with Crippen LogP contribution in [0, 0.1) is 0 Å². The van der Waals surface area contributed by atoms with Gasteiger partial charge in [-0.05, 0) is 29.8 Å². The van der Waals surface area contributed by atoms with Crippen molar-refractivity contribution in [3.8, 4) is 0 Å². The second kappa shape index (κ2) is 8.34. The van der Waals surface area contributed by atoms with Gasteiger partial charge in [0, 0.05) is 18.3 Å². The van der Waals surface area contributed by atoms with Gasteiger partial charge in [0.2, 0.25) is 0 Å². The molecule has 1 N–H and O–H groups in total. The average Bonchev–Trinajstić information content (AvgIpc) is 3.00. The van der Waals surface area contributed by atoms with Crippen molar-refractivity contribution in [1.29, 1.82) is 0 Å². The summed E-state index contributed by atoms with van der Waals surface area (Å²) in [5, 5.41) is 2.51. The molecule has 0 bridgehead atoms. The summed E-state index contributed by atoms with van der Waals surface area (Å²) in [4.78, 5) is 50.4. The summed E-state index contributed by atoms with van der Waals surface area (Å²) >= 11 is 0. The van der Waals surface area contributed by atoms with Crippen molar-refractivity contribution in [3.63, 3.8) is 0 Å². The number of nitrogens with zero attached hydrogens (tertiary/aromatic N) is 2. The van der Waals surface area contributed by atoms with E-state index in [0.717, 1.165) is 10.5 Å². The number of benzene rings is 2. The summed E-state index contributed by atoms with van der Waals surface area (Å²) in [6, 6.07) is 14.8. The largest absolute Gasteiger partial charge is 0.443 e. The SMILES string of the molecule is CNC(=O)c1ccc(N2CC(=O)N(COC(=O)Cc3ccccc3)C2=O)cc1. The lowest BCUT2D eigenvalue weighted by atomic mass is 10.2. The number of imide groups is 1. The minimum atomic E-state index is -0.579. The maximum atomic E-state index is 12.5. The van der Waals surface area contributed by atoms with E-state index >= 15 is 0 Å². The highest BCUT2D eigenvalue weighted by atomic mass is 16.5. The number of amides is 4. The molecule has 0 unspecified atom stereocenters. The number of nitrogens with one attached hydrogen (secondary N) is 1. The van der Waals surface area contributed by atoms with Crippen molar-refractivity contribution in [2.24, 2.45) is 0 Å². The lowest BCUT2D eigenvalue weighted by molar-refractivity contribution is -0.148. The molecule has 0 aromatic heterocycles. The van der Waals surface area contributed by atoms with Crippen molar-refractivity contribution in [3.05, 3.63) is 65.7 Å². The minimum absolute atomic E-state index is 0.0573. The van der Waals surface area contributed by atoms with E-state index in [9.17, 15) is 19.2 Å². The maximum absolute atomic E-state index is 12.5. The molecule has 8 heteroatoms. The van der Waals surface area contributed by atoms with Crippen molar-refractivity contribution in [2.75, 3.05) is 25.2 Å². The van der Waals surface area contributed by atoms with Crippen LogP contribution in [0.5, 0.6) is 0 Å². The highest BCUT2D eigenvalue weighted by Crippen LogP contribution is 2.21. The summed E-state index contributed by atoms with van der Waals surface area (Å²) in [6.45, 7) is -0.593. The van der Waals surface area contributed by atoms with Gasteiger partial charge in [0.1, 0.15) is 6.54 Å². The molecule has 1 aliphatic rings. The monoisotopic (exact) mass is 381 g/mol. The third kappa shape index (κ3) is 4.17. The van der Waals surface area contributed by atoms with Crippen LogP contribution in [-0.4, -0.2) is 49.0 Å². The van der Waals surface area contributed by atoms with E-state index in [-0.39, 0.29) is 18.9 Å². The van der Waals surface area contributed by atoms with Gasteiger partial charge in [-0.1, -0.05) is 30.3 Å². The standard InChI is InChI=1S/C20H19N3O5/c1-21-19(26)15-7-9-16(10-8-15)22-12-17(24)23(20(22)27)13-28-18(25)11-14-5-3-2-4-6-14/h2-10H,11-13H2,1H3,(H,21,26). The quantitative estimate of drug-likeness (QED) is 0.605. The predicted molar refractivity (Wildman–Crippen MR) is 101 cm³/mol. The Bertz CT molecular complexity index is 896. The number of carbonyl (C=O) groups is 4. The zero-order chi connectivity index (χ0) is 20.1. The Morgan fingerprint density at radius 1 is 1.04 bits per heavy atom. The van der Waals surface area contributed by atoms with Gasteiger partial charge in [-0.25, -0.2) is 9.69 Å². The summed E-state index contributed by atoms with van der Waals surface area (Å²) < 4.78 is 5.09. The molecule has 28 heavy (non-hydrogen) atoms. The van der Waals surface area contributed by atoms with Crippen LogP contribution in [0.25, 0.3) is 0 Å². The molecule has 0 spiro atoms. The number of carbonyl (C=O) groups excluding carboxylic acids is 4. The Labute approximate surface area is 161 Å². The molecule has 4 amide bonds. The molecule has 0 saturated carbocycles. The number of hydrogen-bond donors (Lipinski definition) is 1. The molecule has 144 valence electrons. The molecule has 1 heterocycles. The molecule has 1 fully saturated rings. The minimum Gasteiger partial charge on any atom is -0.443 e. The van der Waals surface area contributed by atoms with E-state index < -0.39 is 24.6 Å². The molecule has 3 rings (SSSR count). The summed E-state index contributed by atoms with van der Waals surface area (Å²) in [6.07, 6.45) is 0.0573. The van der Waals surface area contributed by atoms with Gasteiger partial charge in [-0.3, -0.25) is 19.3 Å². The first-order valence-corrected chi connectivity index (χ1v) is 8.63. The zero-order valence-corrected chi connectivity index (χ0v) is 15.3. The fourth-order valence-corrected chi connectivity index (χ4v) is 2.76. The molecular weight excluding hydrogens is 362 g/mol. The van der Waals surface area contributed by atoms with Crippen LogP contribution in [0.2, 0.25) is 0 Å². The summed E-state index contributed by atoms with van der Waals surface area (Å²) in [5.41, 5.74) is 1.70. The van der Waals surface area contributed by atoms with Crippen molar-refractivity contribution < 1.29 is 23.9 Å². The molecule has 0 atom stereocenters. The van der Waals surface area contributed by atoms with Gasteiger partial charge in [0.05, 0.1) is 6.42 Å². The number of urea groups is 1. The highest BCUT2D eigenvalue weighted by Gasteiger charge is 2.37. The van der Waals surface area contributed by atoms with E-state index in [4.69, 9.17) is 4.74 Å². The second-order valence-corrected chi connectivity index (χ2v) is 6.12. The van der Waals surface area contributed by atoms with Gasteiger partial charge in [0.15, 0.2) is 6.73 Å². The number of rotatable bonds is 6. The second-order valence-electron chi connectivity index (χ2n) is 6.12. The van der Waals surface area contributed by atoms with E-state index in [2.05, 4.69) is 5.32 Å². The van der Waals surface area contributed by atoms with Gasteiger partial charge >= 0.3 is 12.0 Å². The summed E-state index contributed by atoms with van der Waals surface area (Å²) in [5.74, 6) is -1.24. The normalized spacial score (nSPS) is 13.6. The van der Waals surface area contributed by atoms with Crippen LogP contribution >= 0.6 is 0 Å². The lowest BCUT2D eigenvalue weighted by Crippen LogP contribution is -2.35. The van der Waals surface area contributed by atoms with Crippen molar-refractivity contribution >= 4 is 29.5 Å². The third-order valence-electron chi connectivity index (χ3n) is 4.27. The Kier molecular flexibility index (Phi) is 5.69. The van der Waals surface area contributed by atoms with Crippen molar-refractivity contribution in [1.82, 2.24) is 10.2 Å². The molecule has 0 radical (unpaired) electrons. The summed E-state index contributed by atoms with van der Waals surface area (Å²) in [7, 11) is 1.52. The Morgan fingerprint density at radius 2 is 1.71 bits per heavy atom. The van der Waals surface area contributed by atoms with Crippen LogP contribution in [-0.2, 0) is 20.7 Å². The van der Waals surface area contributed by atoms with E-state index in [1.54, 1.807) is 36.4 Å². The lowest BCUT2D eigenvalue weighted by Gasteiger charge is -2.17. The third-order valence-corrected chi connectivity index (χ3v) is 4.27. The van der Waals surface area contributed by atoms with Gasteiger partial charge in [0.25, 0.3) is 11.8 Å². The topological polar surface area (TPSA) is 96.0 Å². The van der Waals surface area contributed by atoms with Crippen LogP contribution in [0.15, 0.2) is 54.6 Å². The number of hydrogen-bond acceptors (Lipinski definition) is 5. The molecule has 0 aliphatic carbocycles. The fourth-order valence-electron chi connectivity index (χ4n) is 2.76. The first-order chi connectivity index (χ1) is 13.5. The molecule has 2 aromatic rings. The number of esters is 1. The van der Waals surface area contributed by atoms with Gasteiger partial charge < -0.3 is 10.1 Å². The molecule has 1 saturated heterocycles. The first-order valence-electron chi connectivity index (χ1n) is 8.63. The predicted octanol–water partition coefficient (Wildman–Crippen LogP) is 1.56. The van der Waals surface area contributed by atoms with E-state index in [1.807, 2.05) is 18.2 Å². The van der Waals surface area contributed by atoms with Crippen LogP contribution in [0.1, 0.15) is 15.9 Å². The van der Waals surface area contributed by atoms with Crippen LogP contribution < -0.4 is 10.2 Å². The van der Waals surface area contributed by atoms with Gasteiger partial charge in [-0.15, -0.1) is 0 Å². The van der Waals surface area contributed by atoms with Crippen molar-refractivity contribution in [2.45, 2.75) is 6.42 Å². The highest BCUT2D eigenvalue weighted by molar-refractivity contribution is 6.12. The molecule has 1 aliphatic heterocycles. The number of ether oxygens (including phenoxy) is 1. The van der Waals surface area contributed by atoms with E-state index in [0.29, 0.717) is 11.3 Å². The fraction of sp³-hybridized carbons (Fsp3) is 0.200. The maximum Gasteiger partial charge on any atom is 0.334 e. The van der Waals surface area contributed by atoms with Crippen LogP contribution in [0.4, 0.5) is 10.5 Å². The smallest absolute Gasteiger partial charge is 0.334 e. The molecular formula is C20H19N3O5. The Morgan fingerprint density at radius 3 is 2.36 bits per heavy atom. The molecule has 2 aromatic carbocycles. The zero-order valence-electron chi connectivity index (χ0n) is 15.3. The number of anilines is 1. The van der Waals surface area contributed by atoms with Gasteiger partial charge in [-0.2, -0.15) is 0 Å². The first kappa shape index (κ1) is 19.1. The Balaban J connectivity index is 1.60. The molecule has 8 nitrogen and oxygen atoms in total. The Hall–Kier alpha value is -3.68.